The van der Waals surface area contributed by atoms with Crippen molar-refractivity contribution in [3.05, 3.63) is 29.8 Å². The average Bonchev–Trinajstić information content (AvgIpc) is 2.90. The zero-order valence-electron chi connectivity index (χ0n) is 9.83. The van der Waals surface area contributed by atoms with Crippen LogP contribution in [-0.4, -0.2) is 35.5 Å². The second-order valence-corrected chi connectivity index (χ2v) is 4.38. The van der Waals surface area contributed by atoms with Gasteiger partial charge in [-0.05, 0) is 29.3 Å². The highest BCUT2D eigenvalue weighted by Crippen LogP contribution is 2.15. The van der Waals surface area contributed by atoms with Gasteiger partial charge in [0, 0.05) is 25.1 Å². The van der Waals surface area contributed by atoms with Crippen LogP contribution < -0.4 is 9.64 Å². The average molecular weight is 250 g/mol. The zero-order chi connectivity index (χ0) is 12.1. The molecule has 2 aromatic rings. The Hall–Kier alpha value is -1.69. The molecule has 0 amide bonds. The molecule has 90 valence electrons. The molecule has 0 bridgehead atoms. The van der Waals surface area contributed by atoms with Crippen molar-refractivity contribution in [2.45, 2.75) is 6.42 Å². The van der Waals surface area contributed by atoms with Crippen molar-refractivity contribution >= 4 is 16.7 Å². The Kier molecular flexibility index (Phi) is 3.87. The Balaban J connectivity index is 1.93. The van der Waals surface area contributed by atoms with Crippen LogP contribution in [0.3, 0.4) is 0 Å². The van der Waals surface area contributed by atoms with Gasteiger partial charge in [-0.15, -0.1) is 0 Å². The lowest BCUT2D eigenvalue weighted by Gasteiger charge is -2.14. The van der Waals surface area contributed by atoms with Gasteiger partial charge in [0.05, 0.1) is 7.11 Å². The molecule has 2 rings (SSSR count). The smallest absolute Gasteiger partial charge is 0.227 e. The molecule has 0 aliphatic heterocycles. The summed E-state index contributed by atoms with van der Waals surface area (Å²) in [5, 5.41) is 8.34. The van der Waals surface area contributed by atoms with Crippen molar-refractivity contribution in [2.75, 3.05) is 25.6 Å². The van der Waals surface area contributed by atoms with Gasteiger partial charge in [0.15, 0.2) is 0 Å². The van der Waals surface area contributed by atoms with Gasteiger partial charge in [-0.3, -0.25) is 0 Å². The summed E-state index contributed by atoms with van der Waals surface area (Å²) in [5.41, 5.74) is 1.24. The van der Waals surface area contributed by atoms with E-state index in [9.17, 15) is 0 Å². The Morgan fingerprint density at radius 1 is 1.41 bits per heavy atom. The Labute approximate surface area is 104 Å². The standard InChI is InChI=1S/C11H14N4OS/c1-15(11-12-13-14-17-11)7-6-9-4-3-5-10(8-9)16-2/h3-5,8H,6-7H2,1-2H3. The molecule has 1 aromatic carbocycles. The number of hydrogen-bond acceptors (Lipinski definition) is 6. The predicted molar refractivity (Wildman–Crippen MR) is 67.7 cm³/mol. The monoisotopic (exact) mass is 250 g/mol. The highest BCUT2D eigenvalue weighted by molar-refractivity contribution is 7.09. The molecule has 0 N–H and O–H groups in total. The summed E-state index contributed by atoms with van der Waals surface area (Å²) in [5.74, 6) is 0.891. The number of methoxy groups -OCH3 is 1. The molecule has 0 atom stereocenters. The third kappa shape index (κ3) is 3.13. The van der Waals surface area contributed by atoms with Crippen LogP contribution in [0.5, 0.6) is 5.75 Å². The molecule has 0 unspecified atom stereocenters. The fraction of sp³-hybridized carbons (Fsp3) is 0.364. The summed E-state index contributed by atoms with van der Waals surface area (Å²) >= 11 is 1.30. The van der Waals surface area contributed by atoms with Crippen LogP contribution >= 0.6 is 11.5 Å². The molecule has 1 heterocycles. The predicted octanol–water partition coefficient (Wildman–Crippen LogP) is 1.62. The lowest BCUT2D eigenvalue weighted by atomic mass is 10.1. The third-order valence-corrected chi connectivity index (χ3v) is 3.20. The zero-order valence-corrected chi connectivity index (χ0v) is 10.6. The van der Waals surface area contributed by atoms with Crippen molar-refractivity contribution < 1.29 is 4.74 Å². The number of anilines is 1. The fourth-order valence-corrected chi connectivity index (χ4v) is 1.95. The molecular weight excluding hydrogens is 236 g/mol. The van der Waals surface area contributed by atoms with Gasteiger partial charge >= 0.3 is 0 Å². The van der Waals surface area contributed by atoms with E-state index in [2.05, 4.69) is 20.9 Å². The van der Waals surface area contributed by atoms with E-state index in [4.69, 9.17) is 4.74 Å². The van der Waals surface area contributed by atoms with Gasteiger partial charge in [0.25, 0.3) is 0 Å². The molecule has 0 aliphatic rings. The van der Waals surface area contributed by atoms with Gasteiger partial charge in [-0.2, -0.15) is 0 Å². The van der Waals surface area contributed by atoms with Crippen molar-refractivity contribution in [3.63, 3.8) is 0 Å². The molecule has 0 spiro atoms. The lowest BCUT2D eigenvalue weighted by molar-refractivity contribution is 0.414. The van der Waals surface area contributed by atoms with E-state index in [0.29, 0.717) is 0 Å². The van der Waals surface area contributed by atoms with Crippen LogP contribution in [0, 0.1) is 0 Å². The van der Waals surface area contributed by atoms with Crippen molar-refractivity contribution in [2.24, 2.45) is 0 Å². The van der Waals surface area contributed by atoms with E-state index >= 15 is 0 Å². The van der Waals surface area contributed by atoms with Gasteiger partial charge in [-0.1, -0.05) is 21.7 Å². The number of ether oxygens (including phenoxy) is 1. The van der Waals surface area contributed by atoms with Crippen LogP contribution in [0.1, 0.15) is 5.56 Å². The molecule has 0 saturated carbocycles. The van der Waals surface area contributed by atoms with Crippen LogP contribution in [-0.2, 0) is 6.42 Å². The summed E-state index contributed by atoms with van der Waals surface area (Å²) in [6.07, 6.45) is 0.938. The summed E-state index contributed by atoms with van der Waals surface area (Å²) in [4.78, 5) is 2.05. The quantitative estimate of drug-likeness (QED) is 0.807. The first-order chi connectivity index (χ1) is 8.29. The normalized spacial score (nSPS) is 10.2. The first-order valence-corrected chi connectivity index (χ1v) is 6.06. The van der Waals surface area contributed by atoms with Gasteiger partial charge < -0.3 is 9.64 Å². The molecule has 5 nitrogen and oxygen atoms in total. The number of aromatic nitrogens is 3. The largest absolute Gasteiger partial charge is 0.497 e. The molecule has 1 aromatic heterocycles. The van der Waals surface area contributed by atoms with E-state index in [1.54, 1.807) is 7.11 Å². The molecule has 0 radical (unpaired) electrons. The highest BCUT2D eigenvalue weighted by atomic mass is 32.1. The van der Waals surface area contributed by atoms with Crippen LogP contribution in [0.2, 0.25) is 0 Å². The molecule has 6 heteroatoms. The fourth-order valence-electron chi connectivity index (χ4n) is 1.50. The van der Waals surface area contributed by atoms with E-state index in [-0.39, 0.29) is 0 Å². The maximum atomic E-state index is 5.19. The minimum atomic E-state index is 0.841. The SMILES string of the molecule is COc1cccc(CCN(C)c2nnns2)c1. The van der Waals surface area contributed by atoms with Crippen molar-refractivity contribution in [1.29, 1.82) is 0 Å². The van der Waals surface area contributed by atoms with Gasteiger partial charge in [0.2, 0.25) is 5.13 Å². The molecule has 0 fully saturated rings. The first-order valence-electron chi connectivity index (χ1n) is 5.28. The maximum Gasteiger partial charge on any atom is 0.227 e. The second kappa shape index (κ2) is 5.58. The number of rotatable bonds is 5. The first kappa shape index (κ1) is 11.8. The van der Waals surface area contributed by atoms with E-state index in [1.165, 1.54) is 17.1 Å². The van der Waals surface area contributed by atoms with Crippen LogP contribution in [0.15, 0.2) is 24.3 Å². The highest BCUT2D eigenvalue weighted by Gasteiger charge is 2.05. The van der Waals surface area contributed by atoms with E-state index in [0.717, 1.165) is 23.8 Å². The Bertz CT molecular complexity index is 460. The summed E-state index contributed by atoms with van der Waals surface area (Å²) < 4.78 is 8.93. The Morgan fingerprint density at radius 2 is 2.29 bits per heavy atom. The third-order valence-electron chi connectivity index (χ3n) is 2.49. The van der Waals surface area contributed by atoms with Crippen molar-refractivity contribution in [3.8, 4) is 5.75 Å². The number of benzene rings is 1. The number of likely N-dealkylation sites (N-methyl/N-ethyl adjacent to an activating group) is 1. The van der Waals surface area contributed by atoms with Gasteiger partial charge in [0.1, 0.15) is 5.75 Å². The van der Waals surface area contributed by atoms with Crippen LogP contribution in [0.25, 0.3) is 0 Å². The second-order valence-electron chi connectivity index (χ2n) is 3.67. The molecular formula is C11H14N4OS. The number of hydrogen-bond donors (Lipinski definition) is 0. The van der Waals surface area contributed by atoms with E-state index in [1.807, 2.05) is 30.1 Å². The maximum absolute atomic E-state index is 5.19. The lowest BCUT2D eigenvalue weighted by Crippen LogP contribution is -2.20. The summed E-state index contributed by atoms with van der Waals surface area (Å²) in [6, 6.07) is 8.09. The van der Waals surface area contributed by atoms with E-state index < -0.39 is 0 Å². The molecule has 0 saturated heterocycles. The minimum absolute atomic E-state index is 0.841. The Morgan fingerprint density at radius 3 is 3.00 bits per heavy atom. The van der Waals surface area contributed by atoms with Gasteiger partial charge in [-0.25, -0.2) is 0 Å². The van der Waals surface area contributed by atoms with Crippen molar-refractivity contribution in [1.82, 2.24) is 14.8 Å². The topological polar surface area (TPSA) is 51.1 Å². The summed E-state index contributed by atoms with van der Waals surface area (Å²) in [7, 11) is 3.67. The molecule has 0 aliphatic carbocycles. The molecule has 17 heavy (non-hydrogen) atoms. The number of nitrogens with zero attached hydrogens (tertiary/aromatic N) is 4. The minimum Gasteiger partial charge on any atom is -0.497 e. The van der Waals surface area contributed by atoms with Crippen LogP contribution in [0.4, 0.5) is 5.13 Å². The summed E-state index contributed by atoms with van der Waals surface area (Å²) in [6.45, 7) is 0.879.